The Kier molecular flexibility index (Phi) is 4.11. The summed E-state index contributed by atoms with van der Waals surface area (Å²) in [5, 5.41) is 3.13. The summed E-state index contributed by atoms with van der Waals surface area (Å²) in [4.78, 5) is 0. The number of rotatable bonds is 5. The van der Waals surface area contributed by atoms with Crippen molar-refractivity contribution in [3.05, 3.63) is 59.2 Å². The third-order valence-electron chi connectivity index (χ3n) is 3.70. The molecule has 21 heavy (non-hydrogen) atoms. The largest absolute Gasteiger partial charge is 0.490 e. The fraction of sp³-hybridized carbons (Fsp3) is 0.333. The molecule has 3 heteroatoms. The molecule has 0 saturated carbocycles. The first-order chi connectivity index (χ1) is 10.2. The molecule has 1 unspecified atom stereocenters. The molecular formula is C18H21NO2. The van der Waals surface area contributed by atoms with Gasteiger partial charge in [0, 0.05) is 13.0 Å². The lowest BCUT2D eigenvalue weighted by molar-refractivity contribution is 0.148. The van der Waals surface area contributed by atoms with Crippen molar-refractivity contribution >= 4 is 0 Å². The second-order valence-corrected chi connectivity index (χ2v) is 5.54. The van der Waals surface area contributed by atoms with E-state index in [2.05, 4.69) is 42.6 Å². The van der Waals surface area contributed by atoms with Crippen molar-refractivity contribution in [3.63, 3.8) is 0 Å². The lowest BCUT2D eigenvalue weighted by Crippen LogP contribution is -2.22. The van der Waals surface area contributed by atoms with Gasteiger partial charge in [-0.1, -0.05) is 29.8 Å². The van der Waals surface area contributed by atoms with E-state index >= 15 is 0 Å². The first-order valence-electron chi connectivity index (χ1n) is 7.37. The van der Waals surface area contributed by atoms with Gasteiger partial charge in [-0.25, -0.2) is 0 Å². The second kappa shape index (κ2) is 6.19. The van der Waals surface area contributed by atoms with Crippen molar-refractivity contribution in [2.24, 2.45) is 0 Å². The van der Waals surface area contributed by atoms with Gasteiger partial charge in [-0.05, 0) is 43.3 Å². The molecule has 2 aromatic rings. The van der Waals surface area contributed by atoms with Gasteiger partial charge in [0.1, 0.15) is 24.2 Å². The molecule has 0 saturated heterocycles. The van der Waals surface area contributed by atoms with Crippen LogP contribution in [0.1, 0.15) is 16.7 Å². The molecule has 0 spiro atoms. The van der Waals surface area contributed by atoms with Gasteiger partial charge >= 0.3 is 0 Å². The normalized spacial score (nSPS) is 16.4. The Hall–Kier alpha value is -2.00. The quantitative estimate of drug-likeness (QED) is 0.914. The third-order valence-corrected chi connectivity index (χ3v) is 3.70. The van der Waals surface area contributed by atoms with Gasteiger partial charge in [-0.15, -0.1) is 0 Å². The van der Waals surface area contributed by atoms with Gasteiger partial charge in [0.25, 0.3) is 0 Å². The molecule has 0 bridgehead atoms. The zero-order chi connectivity index (χ0) is 14.7. The van der Waals surface area contributed by atoms with Crippen LogP contribution < -0.4 is 14.8 Å². The first-order valence-corrected chi connectivity index (χ1v) is 7.37. The molecule has 110 valence electrons. The van der Waals surface area contributed by atoms with Crippen LogP contribution in [0.25, 0.3) is 0 Å². The fourth-order valence-electron chi connectivity index (χ4n) is 2.64. The van der Waals surface area contributed by atoms with Gasteiger partial charge in [-0.3, -0.25) is 0 Å². The molecule has 3 nitrogen and oxygen atoms in total. The van der Waals surface area contributed by atoms with E-state index < -0.39 is 0 Å². The number of aryl methyl sites for hydroxylation is 1. The maximum Gasteiger partial charge on any atom is 0.137 e. The minimum atomic E-state index is 0.110. The average Bonchev–Trinajstić information content (AvgIpc) is 2.89. The molecule has 0 aromatic heterocycles. The van der Waals surface area contributed by atoms with Gasteiger partial charge in [0.2, 0.25) is 0 Å². The van der Waals surface area contributed by atoms with Crippen LogP contribution in [-0.2, 0) is 13.0 Å². The predicted molar refractivity (Wildman–Crippen MR) is 84.0 cm³/mol. The molecular weight excluding hydrogens is 262 g/mol. The minimum Gasteiger partial charge on any atom is -0.490 e. The highest BCUT2D eigenvalue weighted by atomic mass is 16.5. The molecule has 1 aliphatic rings. The van der Waals surface area contributed by atoms with Gasteiger partial charge < -0.3 is 14.8 Å². The van der Waals surface area contributed by atoms with E-state index in [1.54, 1.807) is 0 Å². The van der Waals surface area contributed by atoms with E-state index in [1.165, 1.54) is 16.7 Å². The Labute approximate surface area is 125 Å². The topological polar surface area (TPSA) is 30.5 Å². The number of ether oxygens (including phenoxy) is 2. The highest BCUT2D eigenvalue weighted by Crippen LogP contribution is 2.29. The van der Waals surface area contributed by atoms with Crippen LogP contribution >= 0.6 is 0 Å². The smallest absolute Gasteiger partial charge is 0.137 e. The van der Waals surface area contributed by atoms with Crippen LogP contribution in [0.4, 0.5) is 0 Å². The Morgan fingerprint density at radius 2 is 2.00 bits per heavy atom. The van der Waals surface area contributed by atoms with Crippen molar-refractivity contribution in [1.29, 1.82) is 0 Å². The van der Waals surface area contributed by atoms with Crippen LogP contribution in [0.15, 0.2) is 42.5 Å². The predicted octanol–water partition coefficient (Wildman–Crippen LogP) is 3.10. The van der Waals surface area contributed by atoms with Crippen LogP contribution in [0.3, 0.4) is 0 Å². The van der Waals surface area contributed by atoms with Crippen molar-refractivity contribution < 1.29 is 9.47 Å². The molecule has 1 aliphatic heterocycles. The van der Waals surface area contributed by atoms with Crippen molar-refractivity contribution in [2.75, 3.05) is 13.7 Å². The summed E-state index contributed by atoms with van der Waals surface area (Å²) in [6.07, 6.45) is 1.04. The zero-order valence-electron chi connectivity index (χ0n) is 12.6. The van der Waals surface area contributed by atoms with Crippen LogP contribution in [0.2, 0.25) is 0 Å². The number of fused-ring (bicyclic) bond motifs is 1. The number of hydrogen-bond donors (Lipinski definition) is 1. The summed E-state index contributed by atoms with van der Waals surface area (Å²) in [5.74, 6) is 1.89. The van der Waals surface area contributed by atoms with E-state index in [-0.39, 0.29) is 6.10 Å². The summed E-state index contributed by atoms with van der Waals surface area (Å²) in [6, 6.07) is 14.5. The Bertz CT molecular complexity index is 607. The molecule has 0 fully saturated rings. The summed E-state index contributed by atoms with van der Waals surface area (Å²) in [5.41, 5.74) is 3.82. The Morgan fingerprint density at radius 3 is 2.76 bits per heavy atom. The summed E-state index contributed by atoms with van der Waals surface area (Å²) >= 11 is 0. The molecule has 1 atom stereocenters. The van der Waals surface area contributed by atoms with Crippen LogP contribution in [0, 0.1) is 6.92 Å². The van der Waals surface area contributed by atoms with Gasteiger partial charge in [0.05, 0.1) is 0 Å². The molecule has 3 rings (SSSR count). The van der Waals surface area contributed by atoms with E-state index in [0.717, 1.165) is 24.5 Å². The molecule has 0 radical (unpaired) electrons. The van der Waals surface area contributed by atoms with Crippen LogP contribution in [0.5, 0.6) is 11.5 Å². The maximum atomic E-state index is 5.91. The second-order valence-electron chi connectivity index (χ2n) is 5.54. The summed E-state index contributed by atoms with van der Waals surface area (Å²) in [6.45, 7) is 3.57. The fourth-order valence-corrected chi connectivity index (χ4v) is 2.64. The van der Waals surface area contributed by atoms with Gasteiger partial charge in [-0.2, -0.15) is 0 Å². The lowest BCUT2D eigenvalue weighted by Gasteiger charge is -2.12. The number of nitrogens with one attached hydrogen (secondary N) is 1. The van der Waals surface area contributed by atoms with E-state index in [9.17, 15) is 0 Å². The number of hydrogen-bond acceptors (Lipinski definition) is 3. The van der Waals surface area contributed by atoms with Crippen molar-refractivity contribution in [2.45, 2.75) is 26.0 Å². The van der Waals surface area contributed by atoms with E-state index in [1.807, 2.05) is 19.2 Å². The summed E-state index contributed by atoms with van der Waals surface area (Å²) in [7, 11) is 1.95. The molecule has 1 heterocycles. The number of benzene rings is 2. The van der Waals surface area contributed by atoms with E-state index in [4.69, 9.17) is 9.47 Å². The Balaban J connectivity index is 1.55. The highest BCUT2D eigenvalue weighted by Gasteiger charge is 2.23. The van der Waals surface area contributed by atoms with E-state index in [0.29, 0.717) is 6.61 Å². The Morgan fingerprint density at radius 1 is 1.19 bits per heavy atom. The molecule has 0 amide bonds. The minimum absolute atomic E-state index is 0.110. The average molecular weight is 283 g/mol. The van der Waals surface area contributed by atoms with Crippen molar-refractivity contribution in [1.82, 2.24) is 5.32 Å². The molecule has 0 aliphatic carbocycles. The van der Waals surface area contributed by atoms with Gasteiger partial charge in [0.15, 0.2) is 0 Å². The maximum absolute atomic E-state index is 5.91. The summed E-state index contributed by atoms with van der Waals surface area (Å²) < 4.78 is 11.8. The van der Waals surface area contributed by atoms with Crippen LogP contribution in [-0.4, -0.2) is 19.8 Å². The third kappa shape index (κ3) is 3.37. The molecule has 1 N–H and O–H groups in total. The monoisotopic (exact) mass is 283 g/mol. The lowest BCUT2D eigenvalue weighted by atomic mass is 10.1. The van der Waals surface area contributed by atoms with Crippen molar-refractivity contribution in [3.8, 4) is 11.5 Å². The zero-order valence-corrected chi connectivity index (χ0v) is 12.6. The highest BCUT2D eigenvalue weighted by molar-refractivity contribution is 5.40. The standard InChI is InChI=1S/C18H21NO2/c1-13-3-8-18-15(9-13)10-17(21-18)12-20-16-6-4-14(5-7-16)11-19-2/h3-9,17,19H,10-12H2,1-2H3. The SMILES string of the molecule is CNCc1ccc(OCC2Cc3cc(C)ccc3O2)cc1. The first kappa shape index (κ1) is 14.0. The molecule has 2 aromatic carbocycles.